The molecule has 0 bridgehead atoms. The van der Waals surface area contributed by atoms with Crippen molar-refractivity contribution in [3.8, 4) is 11.9 Å². The number of fused-ring (bicyclic) bond motifs is 1. The number of rotatable bonds is 5. The van der Waals surface area contributed by atoms with Crippen molar-refractivity contribution in [2.45, 2.75) is 26.3 Å². The summed E-state index contributed by atoms with van der Waals surface area (Å²) >= 11 is 0. The Morgan fingerprint density at radius 1 is 1.23 bits per heavy atom. The van der Waals surface area contributed by atoms with Crippen molar-refractivity contribution in [1.29, 1.82) is 5.26 Å². The minimum absolute atomic E-state index is 0.00190. The van der Waals surface area contributed by atoms with Crippen LogP contribution < -0.4 is 9.80 Å². The highest BCUT2D eigenvalue weighted by Gasteiger charge is 2.32. The molecule has 2 fully saturated rings. The Morgan fingerprint density at radius 3 is 2.74 bits per heavy atom. The van der Waals surface area contributed by atoms with Gasteiger partial charge in [0.25, 0.3) is 5.91 Å². The molecule has 0 spiro atoms. The average Bonchev–Trinajstić information content (AvgIpc) is 3.22. The topological polar surface area (TPSA) is 107 Å². The van der Waals surface area contributed by atoms with E-state index in [0.29, 0.717) is 36.6 Å². The minimum Gasteiger partial charge on any atom is -0.369 e. The van der Waals surface area contributed by atoms with E-state index in [-0.39, 0.29) is 11.9 Å². The van der Waals surface area contributed by atoms with E-state index in [2.05, 4.69) is 44.5 Å². The lowest BCUT2D eigenvalue weighted by atomic mass is 10.1. The average molecular weight is 470 g/mol. The van der Waals surface area contributed by atoms with E-state index >= 15 is 0 Å². The Hall–Kier alpha value is -4.26. The van der Waals surface area contributed by atoms with Crippen molar-refractivity contribution in [2.24, 2.45) is 4.99 Å². The van der Waals surface area contributed by atoms with E-state index in [1.54, 1.807) is 31.6 Å². The van der Waals surface area contributed by atoms with Gasteiger partial charge >= 0.3 is 0 Å². The predicted molar refractivity (Wildman–Crippen MR) is 135 cm³/mol. The lowest BCUT2D eigenvalue weighted by molar-refractivity contribution is -0.129. The summed E-state index contributed by atoms with van der Waals surface area (Å²) in [6.07, 6.45) is 7.91. The van der Waals surface area contributed by atoms with Gasteiger partial charge in [0.15, 0.2) is 5.65 Å². The van der Waals surface area contributed by atoms with Crippen molar-refractivity contribution in [1.82, 2.24) is 24.4 Å². The first-order chi connectivity index (χ1) is 17.0. The monoisotopic (exact) mass is 469 g/mol. The van der Waals surface area contributed by atoms with E-state index in [1.807, 2.05) is 15.7 Å². The summed E-state index contributed by atoms with van der Waals surface area (Å²) in [5.74, 6) is 1.48. The summed E-state index contributed by atoms with van der Waals surface area (Å²) in [6.45, 7) is 11.1. The molecule has 2 aliphatic rings. The van der Waals surface area contributed by atoms with Crippen molar-refractivity contribution < 1.29 is 4.79 Å². The number of amides is 1. The smallest absolute Gasteiger partial charge is 0.251 e. The molecule has 0 radical (unpaired) electrons. The highest BCUT2D eigenvalue weighted by Crippen LogP contribution is 2.38. The molecule has 0 aromatic carbocycles. The van der Waals surface area contributed by atoms with Gasteiger partial charge in [0.2, 0.25) is 0 Å². The van der Waals surface area contributed by atoms with Gasteiger partial charge in [0.05, 0.1) is 22.7 Å². The number of aliphatic imine (C=N–C) groups is 1. The molecule has 3 aromatic heterocycles. The molecule has 2 aliphatic heterocycles. The third kappa shape index (κ3) is 3.99. The number of hydrogen-bond acceptors (Lipinski definition) is 8. The zero-order valence-corrected chi connectivity index (χ0v) is 19.9. The van der Waals surface area contributed by atoms with Gasteiger partial charge in [-0.1, -0.05) is 0 Å². The van der Waals surface area contributed by atoms with Crippen LogP contribution in [0, 0.1) is 11.3 Å². The van der Waals surface area contributed by atoms with E-state index in [1.165, 1.54) is 6.20 Å². The molecule has 1 atom stereocenters. The van der Waals surface area contributed by atoms with Crippen molar-refractivity contribution >= 4 is 35.2 Å². The highest BCUT2D eigenvalue weighted by molar-refractivity contribution is 6.01. The maximum absolute atomic E-state index is 12.8. The van der Waals surface area contributed by atoms with Gasteiger partial charge in [-0.2, -0.15) is 5.26 Å². The molecule has 1 unspecified atom stereocenters. The number of aromatic nitrogens is 4. The fourth-order valence-corrected chi connectivity index (χ4v) is 4.73. The first kappa shape index (κ1) is 22.5. The first-order valence-electron chi connectivity index (χ1n) is 11.7. The van der Waals surface area contributed by atoms with E-state index in [0.717, 1.165) is 42.0 Å². The maximum atomic E-state index is 12.8. The molecule has 10 nitrogen and oxygen atoms in total. The molecule has 10 heteroatoms. The molecular formula is C25H27N9O. The summed E-state index contributed by atoms with van der Waals surface area (Å²) in [5.41, 5.74) is 2.94. The van der Waals surface area contributed by atoms with Crippen molar-refractivity contribution in [2.75, 3.05) is 42.5 Å². The SMILES string of the molecule is C=N/C=C(\C)C(=O)N1CCN(c2ncnc3c2c(N2CCC2)cn3-c2cc(C#N)ccn2)CC1C. The van der Waals surface area contributed by atoms with E-state index in [4.69, 9.17) is 4.98 Å². The molecule has 5 rings (SSSR count). The number of anilines is 2. The van der Waals surface area contributed by atoms with Gasteiger partial charge in [-0.25, -0.2) is 15.0 Å². The molecule has 178 valence electrons. The van der Waals surface area contributed by atoms with Crippen LogP contribution in [0.1, 0.15) is 25.8 Å². The second-order valence-electron chi connectivity index (χ2n) is 8.92. The van der Waals surface area contributed by atoms with Gasteiger partial charge in [0.1, 0.15) is 18.0 Å². The maximum Gasteiger partial charge on any atom is 0.251 e. The number of carbonyl (C=O) groups excluding carboxylic acids is 1. The van der Waals surface area contributed by atoms with Crippen LogP contribution in [-0.2, 0) is 4.79 Å². The Kier molecular flexibility index (Phi) is 5.91. The minimum atomic E-state index is -0.0201. The molecule has 0 aliphatic carbocycles. The van der Waals surface area contributed by atoms with Crippen LogP contribution >= 0.6 is 0 Å². The Bertz CT molecular complexity index is 1370. The summed E-state index contributed by atoms with van der Waals surface area (Å²) in [5, 5.41) is 10.3. The molecule has 2 saturated heterocycles. The van der Waals surface area contributed by atoms with Crippen LogP contribution in [0.25, 0.3) is 16.9 Å². The molecule has 5 heterocycles. The van der Waals surface area contributed by atoms with Crippen LogP contribution in [0.3, 0.4) is 0 Å². The number of piperazine rings is 1. The van der Waals surface area contributed by atoms with E-state index in [9.17, 15) is 10.1 Å². The number of carbonyl (C=O) groups is 1. The largest absolute Gasteiger partial charge is 0.369 e. The van der Waals surface area contributed by atoms with Crippen LogP contribution in [0.4, 0.5) is 11.5 Å². The normalized spacial score (nSPS) is 18.4. The number of hydrogen-bond donors (Lipinski definition) is 0. The fraction of sp³-hybridized carbons (Fsp3) is 0.360. The van der Waals surface area contributed by atoms with Crippen LogP contribution in [0.2, 0.25) is 0 Å². The quantitative estimate of drug-likeness (QED) is 0.417. The van der Waals surface area contributed by atoms with Crippen molar-refractivity contribution in [3.63, 3.8) is 0 Å². The lowest BCUT2D eigenvalue weighted by Crippen LogP contribution is -2.54. The Balaban J connectivity index is 1.54. The molecule has 0 saturated carbocycles. The number of pyridine rings is 1. The lowest BCUT2D eigenvalue weighted by Gasteiger charge is -2.41. The Morgan fingerprint density at radius 2 is 2.06 bits per heavy atom. The second kappa shape index (κ2) is 9.18. The third-order valence-corrected chi connectivity index (χ3v) is 6.67. The number of nitrogens with zero attached hydrogens (tertiary/aromatic N) is 9. The van der Waals surface area contributed by atoms with Crippen LogP contribution in [-0.4, -0.2) is 75.8 Å². The zero-order chi connectivity index (χ0) is 24.5. The predicted octanol–water partition coefficient (Wildman–Crippen LogP) is 2.54. The molecular weight excluding hydrogens is 442 g/mol. The van der Waals surface area contributed by atoms with Gasteiger partial charge < -0.3 is 14.7 Å². The van der Waals surface area contributed by atoms with Gasteiger partial charge in [-0.15, -0.1) is 0 Å². The van der Waals surface area contributed by atoms with Gasteiger partial charge in [-0.05, 0) is 39.1 Å². The summed E-state index contributed by atoms with van der Waals surface area (Å²) < 4.78 is 1.94. The second-order valence-corrected chi connectivity index (χ2v) is 8.92. The summed E-state index contributed by atoms with van der Waals surface area (Å²) in [6, 6.07) is 5.64. The summed E-state index contributed by atoms with van der Waals surface area (Å²) in [4.78, 5) is 36.8. The van der Waals surface area contributed by atoms with Gasteiger partial charge in [0, 0.05) is 62.9 Å². The number of nitriles is 1. The highest BCUT2D eigenvalue weighted by atomic mass is 16.2. The Labute approximate surface area is 203 Å². The van der Waals surface area contributed by atoms with Crippen molar-refractivity contribution in [3.05, 3.63) is 48.2 Å². The standard InChI is InChI=1S/C25H27N9O/c1-17(13-27-3)25(35)33-10-9-32(14-18(33)2)23-22-20(31-7-4-8-31)15-34(24(22)30-16-29-23)21-11-19(12-26)5-6-28-21/h5-6,11,13,15-16,18H,3-4,7-10,14H2,1-2H3/b17-13+. The van der Waals surface area contributed by atoms with E-state index < -0.39 is 0 Å². The molecule has 3 aromatic rings. The molecule has 35 heavy (non-hydrogen) atoms. The van der Waals surface area contributed by atoms with Crippen LogP contribution in [0.15, 0.2) is 47.6 Å². The zero-order valence-electron chi connectivity index (χ0n) is 19.9. The molecule has 0 N–H and O–H groups in total. The van der Waals surface area contributed by atoms with Crippen LogP contribution in [0.5, 0.6) is 0 Å². The third-order valence-electron chi connectivity index (χ3n) is 6.67. The fourth-order valence-electron chi connectivity index (χ4n) is 4.73. The first-order valence-corrected chi connectivity index (χ1v) is 11.7. The van der Waals surface area contributed by atoms with Gasteiger partial charge in [-0.3, -0.25) is 14.4 Å². The summed E-state index contributed by atoms with van der Waals surface area (Å²) in [7, 11) is 0. The molecule has 1 amide bonds.